The maximum absolute atomic E-state index is 14.7. The molecule has 1 N–H and O–H groups in total. The molecule has 1 spiro atoms. The van der Waals surface area contributed by atoms with Crippen molar-refractivity contribution in [3.63, 3.8) is 0 Å². The number of nitrogens with one attached hydrogen (secondary N) is 1. The van der Waals surface area contributed by atoms with Crippen LogP contribution in [0.25, 0.3) is 22.4 Å². The number of carbonyl (C=O) groups is 1. The molecule has 1 atom stereocenters. The number of para-hydroxylation sites is 3. The van der Waals surface area contributed by atoms with Crippen molar-refractivity contribution in [1.82, 2.24) is 9.55 Å². The Kier molecular flexibility index (Phi) is 4.15. The van der Waals surface area contributed by atoms with E-state index in [1.54, 1.807) is 11.0 Å². The molecule has 2 aliphatic heterocycles. The fourth-order valence-electron chi connectivity index (χ4n) is 5.48. The average Bonchev–Trinajstić information content (AvgIpc) is 3.39. The minimum absolute atomic E-state index is 0.145. The van der Waals surface area contributed by atoms with Crippen molar-refractivity contribution in [3.8, 4) is 11.4 Å². The van der Waals surface area contributed by atoms with Crippen LogP contribution in [0.5, 0.6) is 0 Å². The van der Waals surface area contributed by atoms with Crippen molar-refractivity contribution in [2.75, 3.05) is 16.8 Å². The smallest absolute Gasteiger partial charge is 0.279 e. The summed E-state index contributed by atoms with van der Waals surface area (Å²) in [4.78, 5) is 21.2. The summed E-state index contributed by atoms with van der Waals surface area (Å²) in [6, 6.07) is 30.3. The fraction of sp³-hybridized carbons (Fsp3) is 0.103. The van der Waals surface area contributed by atoms with Gasteiger partial charge in [-0.2, -0.15) is 0 Å². The molecule has 170 valence electrons. The molecule has 0 unspecified atom stereocenters. The van der Waals surface area contributed by atoms with Gasteiger partial charge in [-0.15, -0.1) is 0 Å². The summed E-state index contributed by atoms with van der Waals surface area (Å²) in [6.45, 7) is 0.481. The molecule has 0 aliphatic carbocycles. The van der Waals surface area contributed by atoms with Crippen molar-refractivity contribution in [2.45, 2.75) is 12.1 Å². The largest absolute Gasteiger partial charge is 0.350 e. The van der Waals surface area contributed by atoms with E-state index in [1.165, 1.54) is 12.1 Å². The molecule has 4 aromatic carbocycles. The molecule has 1 aromatic heterocycles. The highest BCUT2D eigenvalue weighted by atomic mass is 19.1. The number of rotatable bonds is 3. The summed E-state index contributed by atoms with van der Waals surface area (Å²) >= 11 is 0. The molecule has 0 radical (unpaired) electrons. The molecule has 0 saturated carbocycles. The van der Waals surface area contributed by atoms with Crippen molar-refractivity contribution >= 4 is 28.3 Å². The lowest BCUT2D eigenvalue weighted by Gasteiger charge is -2.38. The van der Waals surface area contributed by atoms with Crippen LogP contribution >= 0.6 is 0 Å². The van der Waals surface area contributed by atoms with Gasteiger partial charge in [0.15, 0.2) is 0 Å². The molecule has 7 rings (SSSR count). The third-order valence-electron chi connectivity index (χ3n) is 7.04. The summed E-state index contributed by atoms with van der Waals surface area (Å²) < 4.78 is 16.7. The van der Waals surface area contributed by atoms with Gasteiger partial charge in [-0.25, -0.2) is 9.37 Å². The predicted molar refractivity (Wildman–Crippen MR) is 135 cm³/mol. The molecular formula is C29H21FN4O. The van der Waals surface area contributed by atoms with Gasteiger partial charge in [0.25, 0.3) is 5.91 Å². The molecule has 35 heavy (non-hydrogen) atoms. The van der Waals surface area contributed by atoms with Gasteiger partial charge < -0.3 is 10.2 Å². The Morgan fingerprint density at radius 3 is 2.54 bits per heavy atom. The zero-order valence-corrected chi connectivity index (χ0v) is 18.8. The Bertz CT molecular complexity index is 1630. The predicted octanol–water partition coefficient (Wildman–Crippen LogP) is 5.56. The summed E-state index contributed by atoms with van der Waals surface area (Å²) in [5.41, 5.74) is 4.41. The first-order valence-electron chi connectivity index (χ1n) is 11.7. The van der Waals surface area contributed by atoms with E-state index in [0.29, 0.717) is 30.0 Å². The first-order chi connectivity index (χ1) is 17.2. The normalized spacial score (nSPS) is 17.9. The van der Waals surface area contributed by atoms with Crippen LogP contribution in [0.15, 0.2) is 97.1 Å². The highest BCUT2D eigenvalue weighted by Gasteiger charge is 2.56. The number of hydrogen-bond donors (Lipinski definition) is 1. The highest BCUT2D eigenvalue weighted by molar-refractivity contribution is 6.12. The molecule has 1 amide bonds. The van der Waals surface area contributed by atoms with Crippen molar-refractivity contribution in [2.24, 2.45) is 0 Å². The number of carbonyl (C=O) groups excluding carboxylic acids is 1. The van der Waals surface area contributed by atoms with Crippen molar-refractivity contribution in [3.05, 3.63) is 114 Å². The van der Waals surface area contributed by atoms with E-state index < -0.39 is 5.66 Å². The lowest BCUT2D eigenvalue weighted by molar-refractivity contribution is -0.123. The molecule has 2 aliphatic rings. The Balaban J connectivity index is 1.47. The second-order valence-electron chi connectivity index (χ2n) is 8.99. The molecular weight excluding hydrogens is 439 g/mol. The highest BCUT2D eigenvalue weighted by Crippen LogP contribution is 2.50. The van der Waals surface area contributed by atoms with Gasteiger partial charge in [0.1, 0.15) is 11.6 Å². The first-order valence-corrected chi connectivity index (χ1v) is 11.7. The maximum atomic E-state index is 14.7. The molecule has 3 heterocycles. The lowest BCUT2D eigenvalue weighted by atomic mass is 9.95. The van der Waals surface area contributed by atoms with E-state index in [0.717, 1.165) is 27.8 Å². The molecule has 5 aromatic rings. The van der Waals surface area contributed by atoms with Gasteiger partial charge in [0, 0.05) is 23.4 Å². The van der Waals surface area contributed by atoms with Crippen LogP contribution in [0.1, 0.15) is 11.1 Å². The second kappa shape index (κ2) is 7.27. The minimum atomic E-state index is -1.34. The van der Waals surface area contributed by atoms with Gasteiger partial charge in [-0.3, -0.25) is 9.36 Å². The number of nitrogens with zero attached hydrogens (tertiary/aromatic N) is 3. The summed E-state index contributed by atoms with van der Waals surface area (Å²) in [5, 5.41) is 3.53. The number of fused-ring (bicyclic) bond motifs is 8. The molecule has 0 fully saturated rings. The first kappa shape index (κ1) is 20.0. The van der Waals surface area contributed by atoms with Crippen LogP contribution in [0.3, 0.4) is 0 Å². The number of aromatic nitrogens is 2. The Hall–Kier alpha value is -4.45. The van der Waals surface area contributed by atoms with Gasteiger partial charge in [0.05, 0.1) is 16.7 Å². The van der Waals surface area contributed by atoms with Crippen molar-refractivity contribution < 1.29 is 9.18 Å². The number of imidazole rings is 1. The van der Waals surface area contributed by atoms with Gasteiger partial charge >= 0.3 is 0 Å². The number of benzene rings is 4. The van der Waals surface area contributed by atoms with Crippen LogP contribution in [0.4, 0.5) is 15.8 Å². The quantitative estimate of drug-likeness (QED) is 0.384. The topological polar surface area (TPSA) is 50.2 Å². The standard InChI is InChI=1S/C29H21FN4O/c30-20-14-15-25-22(18-20)29(28(35)33(25)17-16-19-8-2-1-3-9-19)32-23-11-5-4-10-21(23)27-31-24-12-6-7-13-26(24)34(27)29/h1-15,18,32H,16-17H2/t29-/m1/s1. The van der Waals surface area contributed by atoms with E-state index in [9.17, 15) is 9.18 Å². The van der Waals surface area contributed by atoms with Crippen molar-refractivity contribution in [1.29, 1.82) is 0 Å². The molecule has 5 nitrogen and oxygen atoms in total. The lowest BCUT2D eigenvalue weighted by Crippen LogP contribution is -2.53. The van der Waals surface area contributed by atoms with Crippen LogP contribution in [-0.4, -0.2) is 22.0 Å². The van der Waals surface area contributed by atoms with E-state index in [1.807, 2.05) is 71.3 Å². The van der Waals surface area contributed by atoms with Crippen LogP contribution < -0.4 is 10.2 Å². The molecule has 6 heteroatoms. The van der Waals surface area contributed by atoms with Crippen LogP contribution in [0.2, 0.25) is 0 Å². The van der Waals surface area contributed by atoms with Gasteiger partial charge in [-0.05, 0) is 54.4 Å². The monoisotopic (exact) mass is 460 g/mol. The third-order valence-corrected chi connectivity index (χ3v) is 7.04. The zero-order valence-electron chi connectivity index (χ0n) is 18.8. The number of anilines is 2. The molecule has 0 saturated heterocycles. The number of halogens is 1. The number of hydrogen-bond acceptors (Lipinski definition) is 3. The maximum Gasteiger partial charge on any atom is 0.279 e. The Morgan fingerprint density at radius 2 is 1.66 bits per heavy atom. The third kappa shape index (κ3) is 2.74. The second-order valence-corrected chi connectivity index (χ2v) is 8.99. The fourth-order valence-corrected chi connectivity index (χ4v) is 5.48. The summed E-state index contributed by atoms with van der Waals surface area (Å²) in [6.07, 6.45) is 0.688. The Morgan fingerprint density at radius 1 is 0.886 bits per heavy atom. The summed E-state index contributed by atoms with van der Waals surface area (Å²) in [5.74, 6) is 0.162. The van der Waals surface area contributed by atoms with E-state index in [2.05, 4.69) is 17.4 Å². The van der Waals surface area contributed by atoms with Gasteiger partial charge in [-0.1, -0.05) is 54.6 Å². The van der Waals surface area contributed by atoms with E-state index in [4.69, 9.17) is 4.98 Å². The summed E-state index contributed by atoms with van der Waals surface area (Å²) in [7, 11) is 0. The average molecular weight is 461 g/mol. The molecule has 0 bridgehead atoms. The van der Waals surface area contributed by atoms with Crippen LogP contribution in [0, 0.1) is 5.82 Å². The Labute approximate surface area is 201 Å². The minimum Gasteiger partial charge on any atom is -0.350 e. The van der Waals surface area contributed by atoms with Gasteiger partial charge in [0.2, 0.25) is 5.66 Å². The van der Waals surface area contributed by atoms with E-state index >= 15 is 0 Å². The zero-order chi connectivity index (χ0) is 23.6. The SMILES string of the molecule is O=C1N(CCc2ccccc2)c2ccc(F)cc2[C@]12Nc1ccccc1-c1nc3ccccc3n12. The van der Waals surface area contributed by atoms with E-state index in [-0.39, 0.29) is 11.7 Å². The number of amides is 1. The van der Waals surface area contributed by atoms with Crippen LogP contribution in [-0.2, 0) is 16.9 Å².